The Hall–Kier alpha value is -3.83. The van der Waals surface area contributed by atoms with Crippen LogP contribution in [-0.2, 0) is 20.0 Å². The van der Waals surface area contributed by atoms with E-state index in [1.807, 2.05) is 18.7 Å². The van der Waals surface area contributed by atoms with Crippen molar-refractivity contribution in [2.24, 2.45) is 7.05 Å². The minimum absolute atomic E-state index is 0.0471. The number of anilines is 2. The quantitative estimate of drug-likeness (QED) is 0.565. The van der Waals surface area contributed by atoms with Crippen LogP contribution >= 0.6 is 0 Å². The highest BCUT2D eigenvalue weighted by atomic mass is 16.3. The highest BCUT2D eigenvalue weighted by molar-refractivity contribution is 6.03. The van der Waals surface area contributed by atoms with Crippen LogP contribution in [0, 0.1) is 11.3 Å². The summed E-state index contributed by atoms with van der Waals surface area (Å²) in [7, 11) is 5.58. The number of nitrogens with one attached hydrogen (secondary N) is 2. The van der Waals surface area contributed by atoms with Crippen molar-refractivity contribution in [2.75, 3.05) is 31.3 Å². The molecule has 1 aliphatic heterocycles. The summed E-state index contributed by atoms with van der Waals surface area (Å²) in [5, 5.41) is 26.2. The molecule has 4 rings (SSSR count). The average molecular weight is 416 g/mol. The van der Waals surface area contributed by atoms with Crippen LogP contribution in [0.25, 0.3) is 11.1 Å². The number of benzene rings is 2. The topological polar surface area (TPSA) is 106 Å². The number of nitrogens with zero attached hydrogens (tertiary/aromatic N) is 4. The molecule has 0 atom stereocenters. The first-order valence-corrected chi connectivity index (χ1v) is 10.0. The van der Waals surface area contributed by atoms with Crippen molar-refractivity contribution in [2.45, 2.75) is 13.0 Å². The number of hydrogen-bond donors (Lipinski definition) is 3. The Kier molecular flexibility index (Phi) is 5.36. The number of phenolic OH excluding ortho intramolecular Hbond substituents is 1. The van der Waals surface area contributed by atoms with Gasteiger partial charge in [-0.15, -0.1) is 0 Å². The monoisotopic (exact) mass is 416 g/mol. The molecule has 158 valence electrons. The Bertz CT molecular complexity index is 1210. The molecule has 0 fully saturated rings. The lowest BCUT2D eigenvalue weighted by atomic mass is 9.97. The van der Waals surface area contributed by atoms with E-state index in [0.717, 1.165) is 24.4 Å². The van der Waals surface area contributed by atoms with Gasteiger partial charge in [0.25, 0.3) is 5.91 Å². The molecular formula is C23H24N6O2. The molecular weight excluding hydrogens is 392 g/mol. The smallest absolute Gasteiger partial charge is 0.291 e. The number of rotatable bonds is 4. The lowest BCUT2D eigenvalue weighted by molar-refractivity contribution is 0.101. The zero-order chi connectivity index (χ0) is 22.1. The lowest BCUT2D eigenvalue weighted by Crippen LogP contribution is -2.27. The second-order valence-corrected chi connectivity index (χ2v) is 7.62. The van der Waals surface area contributed by atoms with E-state index in [9.17, 15) is 15.2 Å². The number of aromatic hydroxyl groups is 1. The third-order valence-electron chi connectivity index (χ3n) is 5.67. The molecule has 1 aromatic heterocycles. The summed E-state index contributed by atoms with van der Waals surface area (Å²) in [6.45, 7) is 1.62. The molecule has 0 saturated carbocycles. The number of amides is 1. The number of nitriles is 1. The van der Waals surface area contributed by atoms with Crippen LogP contribution in [0.3, 0.4) is 0 Å². The van der Waals surface area contributed by atoms with Gasteiger partial charge in [-0.2, -0.15) is 5.26 Å². The van der Waals surface area contributed by atoms with Gasteiger partial charge in [-0.25, -0.2) is 4.98 Å². The first kappa shape index (κ1) is 20.4. The minimum atomic E-state index is -0.374. The number of para-hydroxylation sites is 1. The molecule has 2 heterocycles. The largest absolute Gasteiger partial charge is 0.505 e. The third-order valence-corrected chi connectivity index (χ3v) is 5.67. The first-order chi connectivity index (χ1) is 14.9. The predicted octanol–water partition coefficient (Wildman–Crippen LogP) is 2.95. The highest BCUT2D eigenvalue weighted by Gasteiger charge is 2.25. The Balaban J connectivity index is 1.70. The van der Waals surface area contributed by atoms with Gasteiger partial charge < -0.3 is 25.2 Å². The van der Waals surface area contributed by atoms with Crippen LogP contribution in [0.4, 0.5) is 11.4 Å². The summed E-state index contributed by atoms with van der Waals surface area (Å²) in [6.07, 6.45) is 0.836. The molecule has 0 bridgehead atoms. The summed E-state index contributed by atoms with van der Waals surface area (Å²) >= 11 is 0. The first-order valence-electron chi connectivity index (χ1n) is 10.0. The number of imidazole rings is 1. The average Bonchev–Trinajstić information content (AvgIpc) is 3.09. The molecule has 1 aliphatic rings. The van der Waals surface area contributed by atoms with Crippen LogP contribution in [0.5, 0.6) is 5.75 Å². The standard InChI is InChI=1S/C23H24N6O2/c1-25-18-9-5-7-15(21(18)30)14-6-4-8-17(16(14)12-24)27-23(31)22-26-19-13-28(2)11-10-20(19)29(22)3/h4-9,25,30H,10-11,13H2,1-3H3,(H,27,31). The van der Waals surface area contributed by atoms with E-state index in [-0.39, 0.29) is 17.2 Å². The Morgan fingerprint density at radius 2 is 1.87 bits per heavy atom. The maximum atomic E-state index is 13.0. The Labute approximate surface area is 180 Å². The summed E-state index contributed by atoms with van der Waals surface area (Å²) < 4.78 is 1.83. The fourth-order valence-electron chi connectivity index (χ4n) is 4.00. The second-order valence-electron chi connectivity index (χ2n) is 7.62. The number of likely N-dealkylation sites (N-methyl/N-ethyl adjacent to an activating group) is 1. The Morgan fingerprint density at radius 3 is 2.58 bits per heavy atom. The van der Waals surface area contributed by atoms with E-state index in [1.54, 1.807) is 43.4 Å². The van der Waals surface area contributed by atoms with Gasteiger partial charge in [-0.05, 0) is 19.2 Å². The fourth-order valence-corrected chi connectivity index (χ4v) is 4.00. The number of carbonyl (C=O) groups excluding carboxylic acids is 1. The molecule has 1 amide bonds. The highest BCUT2D eigenvalue weighted by Crippen LogP contribution is 2.38. The SMILES string of the molecule is CNc1cccc(-c2cccc(NC(=O)c3nc4c(n3C)CCN(C)C4)c2C#N)c1O. The van der Waals surface area contributed by atoms with Crippen LogP contribution in [-0.4, -0.2) is 46.1 Å². The molecule has 2 aromatic carbocycles. The molecule has 31 heavy (non-hydrogen) atoms. The number of aromatic nitrogens is 2. The van der Waals surface area contributed by atoms with Crippen LogP contribution in [0.15, 0.2) is 36.4 Å². The maximum Gasteiger partial charge on any atom is 0.291 e. The van der Waals surface area contributed by atoms with E-state index >= 15 is 0 Å². The molecule has 0 radical (unpaired) electrons. The molecule has 0 unspecified atom stereocenters. The summed E-state index contributed by atoms with van der Waals surface area (Å²) in [5.74, 6) is -0.0121. The van der Waals surface area contributed by atoms with Gasteiger partial charge in [0.2, 0.25) is 0 Å². The summed E-state index contributed by atoms with van der Waals surface area (Å²) in [4.78, 5) is 19.8. The number of fused-ring (bicyclic) bond motifs is 1. The third kappa shape index (κ3) is 3.60. The van der Waals surface area contributed by atoms with Gasteiger partial charge in [-0.1, -0.05) is 24.3 Å². The van der Waals surface area contributed by atoms with Crippen molar-refractivity contribution in [1.82, 2.24) is 14.5 Å². The molecule has 0 spiro atoms. The van der Waals surface area contributed by atoms with Crippen molar-refractivity contribution in [3.05, 3.63) is 59.2 Å². The zero-order valence-corrected chi connectivity index (χ0v) is 17.7. The summed E-state index contributed by atoms with van der Waals surface area (Å²) in [6, 6.07) is 12.6. The van der Waals surface area contributed by atoms with Crippen molar-refractivity contribution >= 4 is 17.3 Å². The van der Waals surface area contributed by atoms with E-state index in [0.29, 0.717) is 34.9 Å². The lowest BCUT2D eigenvalue weighted by Gasteiger charge is -2.21. The van der Waals surface area contributed by atoms with Crippen molar-refractivity contribution in [1.29, 1.82) is 5.26 Å². The predicted molar refractivity (Wildman–Crippen MR) is 119 cm³/mol. The summed E-state index contributed by atoms with van der Waals surface area (Å²) in [5.41, 5.74) is 4.22. The van der Waals surface area contributed by atoms with Crippen molar-refractivity contribution in [3.8, 4) is 22.9 Å². The van der Waals surface area contributed by atoms with Gasteiger partial charge in [0.15, 0.2) is 5.82 Å². The van der Waals surface area contributed by atoms with E-state index in [2.05, 4.69) is 26.6 Å². The fraction of sp³-hybridized carbons (Fsp3) is 0.261. The van der Waals surface area contributed by atoms with Gasteiger partial charge in [0.1, 0.15) is 11.8 Å². The van der Waals surface area contributed by atoms with Gasteiger partial charge in [-0.3, -0.25) is 4.79 Å². The van der Waals surface area contributed by atoms with Gasteiger partial charge in [0.05, 0.1) is 22.6 Å². The van der Waals surface area contributed by atoms with Crippen LogP contribution in [0.2, 0.25) is 0 Å². The normalized spacial score (nSPS) is 13.4. The molecule has 0 saturated heterocycles. The van der Waals surface area contributed by atoms with E-state index < -0.39 is 0 Å². The second kappa shape index (κ2) is 8.13. The number of phenols is 1. The molecule has 8 nitrogen and oxygen atoms in total. The molecule has 3 aromatic rings. The molecule has 8 heteroatoms. The molecule has 0 aliphatic carbocycles. The van der Waals surface area contributed by atoms with Crippen LogP contribution in [0.1, 0.15) is 27.6 Å². The maximum absolute atomic E-state index is 13.0. The molecule has 3 N–H and O–H groups in total. The zero-order valence-electron chi connectivity index (χ0n) is 17.7. The van der Waals surface area contributed by atoms with Crippen molar-refractivity contribution < 1.29 is 9.90 Å². The Morgan fingerprint density at radius 1 is 1.16 bits per heavy atom. The van der Waals surface area contributed by atoms with Gasteiger partial charge in [0, 0.05) is 50.4 Å². The van der Waals surface area contributed by atoms with E-state index in [1.165, 1.54) is 0 Å². The number of hydrogen-bond acceptors (Lipinski definition) is 6. The van der Waals surface area contributed by atoms with Gasteiger partial charge >= 0.3 is 0 Å². The van der Waals surface area contributed by atoms with Crippen molar-refractivity contribution in [3.63, 3.8) is 0 Å². The van der Waals surface area contributed by atoms with Crippen LogP contribution < -0.4 is 10.6 Å². The van der Waals surface area contributed by atoms with E-state index in [4.69, 9.17) is 0 Å². The minimum Gasteiger partial charge on any atom is -0.505 e. The number of carbonyl (C=O) groups is 1.